The van der Waals surface area contributed by atoms with E-state index < -0.39 is 61.4 Å². The van der Waals surface area contributed by atoms with Gasteiger partial charge in [0, 0.05) is 40.6 Å². The third kappa shape index (κ3) is 5.03. The first kappa shape index (κ1) is 28.6. The van der Waals surface area contributed by atoms with E-state index in [4.69, 9.17) is 14.2 Å². The molecule has 2 aliphatic heterocycles. The molecule has 0 aliphatic carbocycles. The number of ether oxygens (including phenoxy) is 3. The van der Waals surface area contributed by atoms with Gasteiger partial charge in [-0.3, -0.25) is 0 Å². The molecule has 2 aliphatic rings. The van der Waals surface area contributed by atoms with E-state index in [2.05, 4.69) is 11.6 Å². The number of aliphatic carboxylic acids is 1. The van der Waals surface area contributed by atoms with E-state index >= 15 is 0 Å². The number of H-pyrrole nitrogens is 1. The Balaban J connectivity index is 0.00000353. The van der Waals surface area contributed by atoms with Crippen LogP contribution in [0.15, 0.2) is 61.0 Å². The van der Waals surface area contributed by atoms with Crippen molar-refractivity contribution in [2.45, 2.75) is 43.4 Å². The van der Waals surface area contributed by atoms with Crippen LogP contribution in [0.1, 0.15) is 5.69 Å². The van der Waals surface area contributed by atoms with E-state index in [1.54, 1.807) is 0 Å². The van der Waals surface area contributed by atoms with Gasteiger partial charge in [0.25, 0.3) is 0 Å². The number of hydrogen-bond donors (Lipinski definition) is 6. The molecule has 0 unspecified atom stereocenters. The highest BCUT2D eigenvalue weighted by atomic mass is 16.8. The number of aromatic amines is 1. The Morgan fingerprint density at radius 2 is 1.87 bits per heavy atom. The van der Waals surface area contributed by atoms with Crippen molar-refractivity contribution in [1.29, 1.82) is 0 Å². The number of aryl methyl sites for hydroxylation is 1. The van der Waals surface area contributed by atoms with Crippen molar-refractivity contribution in [1.82, 2.24) is 4.98 Å². The zero-order valence-corrected chi connectivity index (χ0v) is 21.1. The van der Waals surface area contributed by atoms with Crippen LogP contribution in [0.2, 0.25) is 0 Å². The number of para-hydroxylation sites is 1. The van der Waals surface area contributed by atoms with Gasteiger partial charge < -0.3 is 50.2 Å². The number of nitrogens with zero attached hydrogens (tertiary/aromatic N) is 1. The van der Waals surface area contributed by atoms with Crippen LogP contribution in [0.5, 0.6) is 0 Å². The molecule has 3 aromatic rings. The number of nitrogens with one attached hydrogen (secondary N) is 1. The first-order valence-corrected chi connectivity index (χ1v) is 12.3. The maximum Gasteiger partial charge on any atom is 0.335 e. The van der Waals surface area contributed by atoms with Crippen molar-refractivity contribution in [3.8, 4) is 0 Å². The molecule has 12 nitrogen and oxygen atoms in total. The van der Waals surface area contributed by atoms with Crippen LogP contribution in [-0.4, -0.2) is 85.6 Å². The lowest BCUT2D eigenvalue weighted by Crippen LogP contribution is -2.60. The fourth-order valence-electron chi connectivity index (χ4n) is 5.35. The first-order valence-electron chi connectivity index (χ1n) is 12.3. The standard InChI is InChI=1S/C27H30N2O9.H2O/c1-3-13-16(10-19-21-15(8-9-29(19)2)14-6-4-5-7-18(14)28-21)17(25(34)35)12-36-26(13)38-27-24(33)23(32)22(31)20(11-30)37-27;/h3-9,12-13,16,20,22-24,26-27,30-33H,1,10-11H2,2H3,(H,34,35);1H2/t13-,16+,20-,22-,23+,24-,26+,27+;/m1./s1. The van der Waals surface area contributed by atoms with Crippen molar-refractivity contribution in [2.75, 3.05) is 6.61 Å². The van der Waals surface area contributed by atoms with E-state index in [0.717, 1.165) is 33.8 Å². The molecule has 12 heteroatoms. The van der Waals surface area contributed by atoms with Gasteiger partial charge in [0.2, 0.25) is 12.0 Å². The van der Waals surface area contributed by atoms with E-state index in [9.17, 15) is 30.3 Å². The molecule has 210 valence electrons. The van der Waals surface area contributed by atoms with Gasteiger partial charge in [0.05, 0.1) is 18.4 Å². The number of carboxylic acid groups (broad SMARTS) is 1. The number of hydrogen-bond acceptors (Lipinski definition) is 9. The molecule has 0 saturated carbocycles. The van der Waals surface area contributed by atoms with Crippen LogP contribution in [0.3, 0.4) is 0 Å². The highest BCUT2D eigenvalue weighted by Crippen LogP contribution is 2.38. The number of carboxylic acids is 1. The Bertz CT molecular complexity index is 1390. The molecule has 5 rings (SSSR count). The number of aromatic nitrogens is 2. The topological polar surface area (TPSA) is 196 Å². The zero-order chi connectivity index (χ0) is 27.1. The molecular formula is C27H32N2O10. The summed E-state index contributed by atoms with van der Waals surface area (Å²) < 4.78 is 18.9. The molecule has 2 aromatic heterocycles. The van der Waals surface area contributed by atoms with Gasteiger partial charge in [-0.05, 0) is 6.07 Å². The van der Waals surface area contributed by atoms with E-state index in [0.29, 0.717) is 0 Å². The lowest BCUT2D eigenvalue weighted by Gasteiger charge is -2.42. The Kier molecular flexibility index (Phi) is 8.37. The smallest absolute Gasteiger partial charge is 0.335 e. The molecule has 0 radical (unpaired) electrons. The predicted octanol–water partition coefficient (Wildman–Crippen LogP) is 0.0710. The summed E-state index contributed by atoms with van der Waals surface area (Å²) in [4.78, 5) is 15.7. The van der Waals surface area contributed by atoms with Crippen LogP contribution < -0.4 is 4.57 Å². The number of aliphatic hydroxyl groups excluding tert-OH is 4. The number of aliphatic hydroxyl groups is 4. The Hall–Kier alpha value is -3.36. The molecular weight excluding hydrogens is 512 g/mol. The highest BCUT2D eigenvalue weighted by molar-refractivity contribution is 6.07. The first-order chi connectivity index (χ1) is 18.2. The maximum absolute atomic E-state index is 12.2. The summed E-state index contributed by atoms with van der Waals surface area (Å²) in [5.41, 5.74) is 2.72. The average Bonchev–Trinajstić information content (AvgIpc) is 3.29. The van der Waals surface area contributed by atoms with Gasteiger partial charge in [-0.1, -0.05) is 24.3 Å². The largest absolute Gasteiger partial charge is 0.870 e. The quantitative estimate of drug-likeness (QED) is 0.175. The summed E-state index contributed by atoms with van der Waals surface area (Å²) in [6.07, 6.45) is -3.70. The minimum atomic E-state index is -1.64. The summed E-state index contributed by atoms with van der Waals surface area (Å²) in [6, 6.07) is 9.90. The Morgan fingerprint density at radius 3 is 2.56 bits per heavy atom. The predicted molar refractivity (Wildman–Crippen MR) is 135 cm³/mol. The molecule has 39 heavy (non-hydrogen) atoms. The number of benzene rings is 1. The van der Waals surface area contributed by atoms with Gasteiger partial charge in [-0.15, -0.1) is 6.58 Å². The Morgan fingerprint density at radius 1 is 1.13 bits per heavy atom. The SMILES string of the molecule is C=C[C@H]1[C@H](O[C@@H]2O[C@H](CO)[C@@H](O)[C@H](O)[C@H]2O)OC=C(C(=O)O)[C@H]1Cc1c2[nH]c3ccccc3c2cc[n+]1C.[OH-]. The van der Waals surface area contributed by atoms with Crippen LogP contribution >= 0.6 is 0 Å². The van der Waals surface area contributed by atoms with Gasteiger partial charge in [0.1, 0.15) is 37.0 Å². The molecule has 0 bridgehead atoms. The minimum Gasteiger partial charge on any atom is -0.870 e. The van der Waals surface area contributed by atoms with E-state index in [-0.39, 0.29) is 17.5 Å². The molecule has 1 aromatic carbocycles. The molecule has 8 atom stereocenters. The Labute approximate surface area is 223 Å². The normalized spacial score (nSPS) is 30.8. The second kappa shape index (κ2) is 11.4. The monoisotopic (exact) mass is 544 g/mol. The van der Waals surface area contributed by atoms with Gasteiger partial charge >= 0.3 is 5.97 Å². The fraction of sp³-hybridized carbons (Fsp3) is 0.407. The molecule has 1 saturated heterocycles. The van der Waals surface area contributed by atoms with Gasteiger partial charge in [-0.25, -0.2) is 9.36 Å². The van der Waals surface area contributed by atoms with Crippen molar-refractivity contribution in [3.05, 3.63) is 66.7 Å². The number of fused-ring (bicyclic) bond motifs is 3. The van der Waals surface area contributed by atoms with Gasteiger partial charge in [0.15, 0.2) is 12.5 Å². The maximum atomic E-state index is 12.2. The lowest BCUT2D eigenvalue weighted by atomic mass is 9.80. The minimum absolute atomic E-state index is 0. The molecule has 0 amide bonds. The number of rotatable bonds is 7. The second-order valence-electron chi connectivity index (χ2n) is 9.67. The van der Waals surface area contributed by atoms with Crippen LogP contribution in [0, 0.1) is 11.8 Å². The average molecular weight is 545 g/mol. The van der Waals surface area contributed by atoms with Crippen molar-refractivity contribution in [3.63, 3.8) is 0 Å². The summed E-state index contributed by atoms with van der Waals surface area (Å²) >= 11 is 0. The molecule has 0 spiro atoms. The van der Waals surface area contributed by atoms with Crippen molar-refractivity contribution in [2.24, 2.45) is 18.9 Å². The zero-order valence-electron chi connectivity index (χ0n) is 21.1. The summed E-state index contributed by atoms with van der Waals surface area (Å²) in [5.74, 6) is -2.49. The van der Waals surface area contributed by atoms with E-state index in [1.165, 1.54) is 6.08 Å². The summed E-state index contributed by atoms with van der Waals surface area (Å²) in [6.45, 7) is 3.27. The summed E-state index contributed by atoms with van der Waals surface area (Å²) in [5, 5.41) is 52.2. The third-order valence-electron chi connectivity index (χ3n) is 7.48. The van der Waals surface area contributed by atoms with Crippen molar-refractivity contribution >= 4 is 27.8 Å². The molecule has 1 fully saturated rings. The second-order valence-corrected chi connectivity index (χ2v) is 9.67. The van der Waals surface area contributed by atoms with Crippen molar-refractivity contribution < 1.29 is 54.6 Å². The summed E-state index contributed by atoms with van der Waals surface area (Å²) in [7, 11) is 1.88. The van der Waals surface area contributed by atoms with Crippen LogP contribution in [0.25, 0.3) is 21.8 Å². The van der Waals surface area contributed by atoms with E-state index in [1.807, 2.05) is 48.1 Å². The number of pyridine rings is 1. The highest BCUT2D eigenvalue weighted by Gasteiger charge is 2.48. The van der Waals surface area contributed by atoms with Crippen LogP contribution in [0.4, 0.5) is 0 Å². The number of carbonyl (C=O) groups is 1. The molecule has 4 heterocycles. The molecule has 7 N–H and O–H groups in total. The van der Waals surface area contributed by atoms with Gasteiger partial charge in [-0.2, -0.15) is 0 Å². The third-order valence-corrected chi connectivity index (χ3v) is 7.48. The van der Waals surface area contributed by atoms with Crippen LogP contribution in [-0.2, 0) is 32.5 Å². The fourth-order valence-corrected chi connectivity index (χ4v) is 5.35. The lowest BCUT2D eigenvalue weighted by molar-refractivity contribution is -0.678.